The van der Waals surface area contributed by atoms with Crippen LogP contribution in [0.3, 0.4) is 0 Å². The molecule has 1 aromatic carbocycles. The third-order valence-electron chi connectivity index (χ3n) is 3.98. The number of rotatable bonds is 5. The van der Waals surface area contributed by atoms with Crippen LogP contribution in [0.15, 0.2) is 24.3 Å². The normalized spacial score (nSPS) is 24.1. The van der Waals surface area contributed by atoms with E-state index in [9.17, 15) is 0 Å². The summed E-state index contributed by atoms with van der Waals surface area (Å²) >= 11 is 5.94. The number of hydrogen-bond donors (Lipinski definition) is 1. The van der Waals surface area contributed by atoms with Crippen molar-refractivity contribution >= 4 is 11.6 Å². The summed E-state index contributed by atoms with van der Waals surface area (Å²) in [5.41, 5.74) is 1.43. The zero-order valence-corrected chi connectivity index (χ0v) is 12.0. The molecule has 1 fully saturated rings. The molecule has 0 amide bonds. The Hall–Kier alpha value is -0.530. The van der Waals surface area contributed by atoms with E-state index in [0.29, 0.717) is 0 Å². The van der Waals surface area contributed by atoms with Gasteiger partial charge in [0.25, 0.3) is 0 Å². The van der Waals surface area contributed by atoms with Crippen LogP contribution in [0.5, 0.6) is 0 Å². The van der Waals surface area contributed by atoms with Gasteiger partial charge in [-0.25, -0.2) is 0 Å². The Bertz CT molecular complexity index is 347. The summed E-state index contributed by atoms with van der Waals surface area (Å²) in [6, 6.07) is 9.08. The lowest BCUT2D eigenvalue weighted by Crippen LogP contribution is -2.39. The number of halogens is 1. The lowest BCUT2D eigenvalue weighted by atomic mass is 9.80. The van der Waals surface area contributed by atoms with Crippen LogP contribution < -0.4 is 5.32 Å². The fraction of sp³-hybridized carbons (Fsp3) is 0.625. The Balaban J connectivity index is 1.94. The highest BCUT2D eigenvalue weighted by atomic mass is 35.5. The van der Waals surface area contributed by atoms with E-state index in [1.807, 2.05) is 12.1 Å². The van der Waals surface area contributed by atoms with E-state index in [-0.39, 0.29) is 0 Å². The SMILES string of the molecule is CCCNC1CCCCC1Cc1ccc(Cl)cc1. The molecule has 0 aromatic heterocycles. The number of hydrogen-bond acceptors (Lipinski definition) is 1. The van der Waals surface area contributed by atoms with Gasteiger partial charge in [-0.15, -0.1) is 0 Å². The van der Waals surface area contributed by atoms with Crippen molar-refractivity contribution in [1.82, 2.24) is 5.32 Å². The van der Waals surface area contributed by atoms with Crippen molar-refractivity contribution in [3.8, 4) is 0 Å². The minimum absolute atomic E-state index is 0.717. The molecule has 2 rings (SSSR count). The maximum atomic E-state index is 5.94. The highest BCUT2D eigenvalue weighted by Crippen LogP contribution is 2.28. The molecule has 0 bridgehead atoms. The number of benzene rings is 1. The first-order chi connectivity index (χ1) is 8.79. The minimum Gasteiger partial charge on any atom is -0.314 e. The predicted molar refractivity (Wildman–Crippen MR) is 79.2 cm³/mol. The van der Waals surface area contributed by atoms with E-state index in [1.54, 1.807) is 0 Å². The van der Waals surface area contributed by atoms with E-state index >= 15 is 0 Å². The van der Waals surface area contributed by atoms with E-state index < -0.39 is 0 Å². The third kappa shape index (κ3) is 4.00. The van der Waals surface area contributed by atoms with Crippen LogP contribution in [0.2, 0.25) is 5.02 Å². The molecule has 18 heavy (non-hydrogen) atoms. The summed E-state index contributed by atoms with van der Waals surface area (Å²) < 4.78 is 0. The topological polar surface area (TPSA) is 12.0 Å². The molecule has 1 aromatic rings. The van der Waals surface area contributed by atoms with Crippen molar-refractivity contribution in [3.05, 3.63) is 34.9 Å². The Kier molecular flexibility index (Phi) is 5.52. The van der Waals surface area contributed by atoms with Crippen LogP contribution >= 0.6 is 11.6 Å². The molecule has 1 aliphatic rings. The second-order valence-electron chi connectivity index (χ2n) is 5.44. The molecule has 1 aliphatic carbocycles. The van der Waals surface area contributed by atoms with Crippen LogP contribution in [-0.2, 0) is 6.42 Å². The van der Waals surface area contributed by atoms with E-state index in [1.165, 1.54) is 44.1 Å². The van der Waals surface area contributed by atoms with E-state index in [2.05, 4.69) is 24.4 Å². The van der Waals surface area contributed by atoms with Gasteiger partial charge in [0.2, 0.25) is 0 Å². The highest BCUT2D eigenvalue weighted by Gasteiger charge is 2.24. The van der Waals surface area contributed by atoms with E-state index in [0.717, 1.165) is 23.5 Å². The van der Waals surface area contributed by atoms with Gasteiger partial charge in [-0.05, 0) is 55.8 Å². The summed E-state index contributed by atoms with van der Waals surface area (Å²) in [7, 11) is 0. The summed E-state index contributed by atoms with van der Waals surface area (Å²) in [5.74, 6) is 0.798. The molecule has 2 atom stereocenters. The summed E-state index contributed by atoms with van der Waals surface area (Å²) in [5, 5.41) is 4.56. The fourth-order valence-electron chi connectivity index (χ4n) is 2.97. The van der Waals surface area contributed by atoms with Gasteiger partial charge in [0.1, 0.15) is 0 Å². The molecule has 1 nitrogen and oxygen atoms in total. The average Bonchev–Trinajstić information content (AvgIpc) is 2.40. The molecule has 0 heterocycles. The zero-order valence-electron chi connectivity index (χ0n) is 11.3. The molecule has 1 N–H and O–H groups in total. The monoisotopic (exact) mass is 265 g/mol. The zero-order chi connectivity index (χ0) is 12.8. The Morgan fingerprint density at radius 1 is 1.17 bits per heavy atom. The summed E-state index contributed by atoms with van der Waals surface area (Å²) in [4.78, 5) is 0. The van der Waals surface area contributed by atoms with Gasteiger partial charge in [0.15, 0.2) is 0 Å². The molecule has 2 unspecified atom stereocenters. The molecular weight excluding hydrogens is 242 g/mol. The van der Waals surface area contributed by atoms with Crippen molar-refractivity contribution < 1.29 is 0 Å². The standard InChI is InChI=1S/C16H24ClN/c1-2-11-18-16-6-4-3-5-14(16)12-13-7-9-15(17)10-8-13/h7-10,14,16,18H,2-6,11-12H2,1H3. The predicted octanol–water partition coefficient (Wildman–Crippen LogP) is 4.44. The van der Waals surface area contributed by atoms with Gasteiger partial charge in [0, 0.05) is 11.1 Å². The Labute approximate surface area is 116 Å². The van der Waals surface area contributed by atoms with Gasteiger partial charge >= 0.3 is 0 Å². The molecule has 100 valence electrons. The van der Waals surface area contributed by atoms with Crippen molar-refractivity contribution in [1.29, 1.82) is 0 Å². The molecule has 0 aliphatic heterocycles. The van der Waals surface area contributed by atoms with Crippen molar-refractivity contribution in [2.45, 2.75) is 51.5 Å². The van der Waals surface area contributed by atoms with E-state index in [4.69, 9.17) is 11.6 Å². The van der Waals surface area contributed by atoms with Crippen LogP contribution in [0.1, 0.15) is 44.6 Å². The maximum Gasteiger partial charge on any atom is 0.0406 e. The van der Waals surface area contributed by atoms with Crippen LogP contribution in [0, 0.1) is 5.92 Å². The summed E-state index contributed by atoms with van der Waals surface area (Å²) in [6.07, 6.45) is 7.91. The fourth-order valence-corrected chi connectivity index (χ4v) is 3.10. The van der Waals surface area contributed by atoms with Crippen LogP contribution in [0.25, 0.3) is 0 Å². The lowest BCUT2D eigenvalue weighted by Gasteiger charge is -2.32. The second kappa shape index (κ2) is 7.16. The molecule has 0 saturated heterocycles. The van der Waals surface area contributed by atoms with Crippen LogP contribution in [-0.4, -0.2) is 12.6 Å². The van der Waals surface area contributed by atoms with Gasteiger partial charge in [-0.1, -0.05) is 43.5 Å². The molecule has 0 spiro atoms. The maximum absolute atomic E-state index is 5.94. The minimum atomic E-state index is 0.717. The van der Waals surface area contributed by atoms with Crippen molar-refractivity contribution in [3.63, 3.8) is 0 Å². The quantitative estimate of drug-likeness (QED) is 0.830. The lowest BCUT2D eigenvalue weighted by molar-refractivity contribution is 0.261. The highest BCUT2D eigenvalue weighted by molar-refractivity contribution is 6.30. The molecule has 0 radical (unpaired) electrons. The molecule has 1 saturated carbocycles. The molecule has 2 heteroatoms. The van der Waals surface area contributed by atoms with Gasteiger partial charge in [-0.2, -0.15) is 0 Å². The first-order valence-corrected chi connectivity index (χ1v) is 7.65. The number of nitrogens with one attached hydrogen (secondary N) is 1. The first-order valence-electron chi connectivity index (χ1n) is 7.27. The van der Waals surface area contributed by atoms with Crippen molar-refractivity contribution in [2.24, 2.45) is 5.92 Å². The Morgan fingerprint density at radius 2 is 1.89 bits per heavy atom. The average molecular weight is 266 g/mol. The van der Waals surface area contributed by atoms with Gasteiger partial charge < -0.3 is 5.32 Å². The largest absolute Gasteiger partial charge is 0.314 e. The molecular formula is C16H24ClN. The van der Waals surface area contributed by atoms with Gasteiger partial charge in [-0.3, -0.25) is 0 Å². The Morgan fingerprint density at radius 3 is 2.61 bits per heavy atom. The van der Waals surface area contributed by atoms with Crippen LogP contribution in [0.4, 0.5) is 0 Å². The third-order valence-corrected chi connectivity index (χ3v) is 4.23. The smallest absolute Gasteiger partial charge is 0.0406 e. The van der Waals surface area contributed by atoms with Gasteiger partial charge in [0.05, 0.1) is 0 Å². The van der Waals surface area contributed by atoms with Crippen molar-refractivity contribution in [2.75, 3.05) is 6.54 Å². The first kappa shape index (κ1) is 13.9. The summed E-state index contributed by atoms with van der Waals surface area (Å²) in [6.45, 7) is 3.39. The second-order valence-corrected chi connectivity index (χ2v) is 5.87.